The van der Waals surface area contributed by atoms with Crippen LogP contribution in [-0.4, -0.2) is 31.6 Å². The number of carbonyl (C=O) groups excluding carboxylic acids is 1. The lowest BCUT2D eigenvalue weighted by atomic mass is 10.1. The maximum atomic E-state index is 11.5. The molecule has 1 aromatic rings. The Labute approximate surface area is 115 Å². The third-order valence-electron chi connectivity index (χ3n) is 2.61. The minimum Gasteiger partial charge on any atom is -0.469 e. The topological polar surface area (TPSA) is 29.5 Å². The van der Waals surface area contributed by atoms with Crippen molar-refractivity contribution in [2.45, 2.75) is 19.9 Å². The van der Waals surface area contributed by atoms with Crippen LogP contribution in [0.5, 0.6) is 0 Å². The van der Waals surface area contributed by atoms with Gasteiger partial charge in [-0.15, -0.1) is 11.3 Å². The standard InChI is InChI=1S/C12H18BrNO2S/c1-4-9(12(15)16-3)7-14(2)8-10-5-6-11(13)17-10/h5-6,9H,4,7-8H2,1-3H3. The van der Waals surface area contributed by atoms with Crippen molar-refractivity contribution in [1.29, 1.82) is 0 Å². The van der Waals surface area contributed by atoms with Crippen molar-refractivity contribution in [3.63, 3.8) is 0 Å². The first-order valence-corrected chi connectivity index (χ1v) is 7.18. The fourth-order valence-corrected chi connectivity index (χ4v) is 3.24. The number of methoxy groups -OCH3 is 1. The number of hydrogen-bond acceptors (Lipinski definition) is 4. The van der Waals surface area contributed by atoms with Crippen molar-refractivity contribution < 1.29 is 9.53 Å². The van der Waals surface area contributed by atoms with Gasteiger partial charge in [-0.3, -0.25) is 4.79 Å². The zero-order valence-electron chi connectivity index (χ0n) is 10.4. The summed E-state index contributed by atoms with van der Waals surface area (Å²) in [6.45, 7) is 3.61. The fourth-order valence-electron chi connectivity index (χ4n) is 1.68. The third kappa shape index (κ3) is 4.77. The second-order valence-electron chi connectivity index (χ2n) is 4.03. The van der Waals surface area contributed by atoms with Gasteiger partial charge in [-0.2, -0.15) is 0 Å². The first-order chi connectivity index (χ1) is 8.06. The molecular weight excluding hydrogens is 302 g/mol. The Bertz CT molecular complexity index is 367. The Balaban J connectivity index is 2.47. The first-order valence-electron chi connectivity index (χ1n) is 5.57. The molecule has 0 N–H and O–H groups in total. The highest BCUT2D eigenvalue weighted by Crippen LogP contribution is 2.23. The minimum absolute atomic E-state index is 0.0339. The van der Waals surface area contributed by atoms with Crippen LogP contribution in [0.25, 0.3) is 0 Å². The van der Waals surface area contributed by atoms with Crippen LogP contribution in [0.1, 0.15) is 18.2 Å². The molecular formula is C12H18BrNO2S. The zero-order chi connectivity index (χ0) is 12.8. The molecule has 5 heteroatoms. The van der Waals surface area contributed by atoms with Crippen molar-refractivity contribution in [2.24, 2.45) is 5.92 Å². The Morgan fingerprint density at radius 1 is 1.59 bits per heavy atom. The van der Waals surface area contributed by atoms with Crippen LogP contribution in [0, 0.1) is 5.92 Å². The second kappa shape index (κ2) is 7.13. The Morgan fingerprint density at radius 3 is 2.76 bits per heavy atom. The lowest BCUT2D eigenvalue weighted by Crippen LogP contribution is -2.30. The minimum atomic E-state index is -0.119. The van der Waals surface area contributed by atoms with Crippen molar-refractivity contribution in [2.75, 3.05) is 20.7 Å². The van der Waals surface area contributed by atoms with Gasteiger partial charge in [0.1, 0.15) is 0 Å². The summed E-state index contributed by atoms with van der Waals surface area (Å²) >= 11 is 5.17. The van der Waals surface area contributed by atoms with Gasteiger partial charge in [-0.05, 0) is 41.5 Å². The van der Waals surface area contributed by atoms with E-state index in [0.717, 1.165) is 23.3 Å². The summed E-state index contributed by atoms with van der Waals surface area (Å²) in [7, 11) is 3.47. The number of ether oxygens (including phenoxy) is 1. The Morgan fingerprint density at radius 2 is 2.29 bits per heavy atom. The van der Waals surface area contributed by atoms with Gasteiger partial charge in [0.2, 0.25) is 0 Å². The average Bonchev–Trinajstić information content (AvgIpc) is 2.70. The molecule has 1 heterocycles. The lowest BCUT2D eigenvalue weighted by Gasteiger charge is -2.20. The van der Waals surface area contributed by atoms with Crippen molar-refractivity contribution >= 4 is 33.2 Å². The van der Waals surface area contributed by atoms with E-state index < -0.39 is 0 Å². The summed E-state index contributed by atoms with van der Waals surface area (Å²) in [4.78, 5) is 14.9. The molecule has 0 saturated carbocycles. The highest BCUT2D eigenvalue weighted by molar-refractivity contribution is 9.11. The smallest absolute Gasteiger partial charge is 0.309 e. The molecule has 17 heavy (non-hydrogen) atoms. The van der Waals surface area contributed by atoms with E-state index in [-0.39, 0.29) is 11.9 Å². The molecule has 1 unspecified atom stereocenters. The second-order valence-corrected chi connectivity index (χ2v) is 6.58. The van der Waals surface area contributed by atoms with Crippen LogP contribution in [0.4, 0.5) is 0 Å². The monoisotopic (exact) mass is 319 g/mol. The average molecular weight is 320 g/mol. The van der Waals surface area contributed by atoms with Crippen LogP contribution in [0.15, 0.2) is 15.9 Å². The van der Waals surface area contributed by atoms with E-state index in [9.17, 15) is 4.79 Å². The van der Waals surface area contributed by atoms with Crippen LogP contribution < -0.4 is 0 Å². The molecule has 0 spiro atoms. The van der Waals surface area contributed by atoms with E-state index in [1.807, 2.05) is 20.0 Å². The summed E-state index contributed by atoms with van der Waals surface area (Å²) in [5.74, 6) is -0.153. The van der Waals surface area contributed by atoms with Gasteiger partial charge in [-0.1, -0.05) is 6.92 Å². The summed E-state index contributed by atoms with van der Waals surface area (Å²) in [6, 6.07) is 4.15. The first kappa shape index (κ1) is 14.7. The van der Waals surface area contributed by atoms with Gasteiger partial charge in [-0.25, -0.2) is 0 Å². The summed E-state index contributed by atoms with van der Waals surface area (Å²) in [5, 5.41) is 0. The molecule has 1 rings (SSSR count). The van der Waals surface area contributed by atoms with E-state index in [2.05, 4.69) is 26.9 Å². The third-order valence-corrected chi connectivity index (χ3v) is 4.22. The Hall–Kier alpha value is -0.390. The fraction of sp³-hybridized carbons (Fsp3) is 0.583. The van der Waals surface area contributed by atoms with Crippen LogP contribution >= 0.6 is 27.3 Å². The van der Waals surface area contributed by atoms with Gasteiger partial charge in [0.15, 0.2) is 0 Å². The molecule has 0 bridgehead atoms. The van der Waals surface area contributed by atoms with Gasteiger partial charge in [0, 0.05) is 18.0 Å². The maximum Gasteiger partial charge on any atom is 0.309 e. The van der Waals surface area contributed by atoms with Gasteiger partial charge < -0.3 is 9.64 Å². The highest BCUT2D eigenvalue weighted by Gasteiger charge is 2.19. The molecule has 0 saturated heterocycles. The molecule has 0 aliphatic rings. The molecule has 0 aliphatic heterocycles. The molecule has 96 valence electrons. The highest BCUT2D eigenvalue weighted by atomic mass is 79.9. The lowest BCUT2D eigenvalue weighted by molar-refractivity contribution is -0.146. The number of halogens is 1. The van der Waals surface area contributed by atoms with E-state index >= 15 is 0 Å². The molecule has 0 aliphatic carbocycles. The van der Waals surface area contributed by atoms with Crippen molar-refractivity contribution in [3.8, 4) is 0 Å². The van der Waals surface area contributed by atoms with E-state index in [4.69, 9.17) is 4.74 Å². The number of nitrogens with zero attached hydrogens (tertiary/aromatic N) is 1. The van der Waals surface area contributed by atoms with E-state index in [1.54, 1.807) is 11.3 Å². The molecule has 0 fully saturated rings. The molecule has 0 amide bonds. The molecule has 3 nitrogen and oxygen atoms in total. The van der Waals surface area contributed by atoms with Gasteiger partial charge in [0.05, 0.1) is 16.8 Å². The van der Waals surface area contributed by atoms with Gasteiger partial charge >= 0.3 is 5.97 Å². The number of carbonyl (C=O) groups is 1. The maximum absolute atomic E-state index is 11.5. The largest absolute Gasteiger partial charge is 0.469 e. The van der Waals surface area contributed by atoms with Crippen LogP contribution in [0.2, 0.25) is 0 Å². The predicted molar refractivity (Wildman–Crippen MR) is 74.2 cm³/mol. The van der Waals surface area contributed by atoms with Gasteiger partial charge in [0.25, 0.3) is 0 Å². The van der Waals surface area contributed by atoms with Crippen molar-refractivity contribution in [3.05, 3.63) is 20.8 Å². The zero-order valence-corrected chi connectivity index (χ0v) is 12.8. The molecule has 1 aromatic heterocycles. The van der Waals surface area contributed by atoms with Crippen LogP contribution in [0.3, 0.4) is 0 Å². The molecule has 0 aromatic carbocycles. The summed E-state index contributed by atoms with van der Waals surface area (Å²) < 4.78 is 5.93. The van der Waals surface area contributed by atoms with E-state index in [0.29, 0.717) is 0 Å². The predicted octanol–water partition coefficient (Wildman–Crippen LogP) is 3.14. The van der Waals surface area contributed by atoms with Crippen LogP contribution in [-0.2, 0) is 16.1 Å². The number of esters is 1. The number of thiophene rings is 1. The summed E-state index contributed by atoms with van der Waals surface area (Å²) in [6.07, 6.45) is 0.811. The normalized spacial score (nSPS) is 12.8. The summed E-state index contributed by atoms with van der Waals surface area (Å²) in [5.41, 5.74) is 0. The Kier molecular flexibility index (Phi) is 6.16. The SMILES string of the molecule is CCC(CN(C)Cc1ccc(Br)s1)C(=O)OC. The molecule has 1 atom stereocenters. The van der Waals surface area contributed by atoms with E-state index in [1.165, 1.54) is 12.0 Å². The quantitative estimate of drug-likeness (QED) is 0.754. The number of hydrogen-bond donors (Lipinski definition) is 0. The number of rotatable bonds is 6. The van der Waals surface area contributed by atoms with Crippen molar-refractivity contribution in [1.82, 2.24) is 4.90 Å². The molecule has 0 radical (unpaired) electrons.